The number of hydrogen-bond acceptors (Lipinski definition) is 6. The van der Waals surface area contributed by atoms with Gasteiger partial charge in [0.15, 0.2) is 0 Å². The molecule has 0 radical (unpaired) electrons. The van der Waals surface area contributed by atoms with Crippen molar-refractivity contribution in [2.75, 3.05) is 14.2 Å². The zero-order valence-corrected chi connectivity index (χ0v) is 10.6. The highest BCUT2D eigenvalue weighted by molar-refractivity contribution is 5.89. The van der Waals surface area contributed by atoms with Gasteiger partial charge in [-0.15, -0.1) is 5.48 Å². The van der Waals surface area contributed by atoms with Gasteiger partial charge in [0, 0.05) is 11.6 Å². The van der Waals surface area contributed by atoms with Crippen LogP contribution in [0.5, 0.6) is 11.5 Å². The molecule has 104 valence electrons. The number of methoxy groups -OCH3 is 2. The minimum atomic E-state index is -1.24. The lowest BCUT2D eigenvalue weighted by molar-refractivity contribution is -0.157. The van der Waals surface area contributed by atoms with Gasteiger partial charge in [-0.25, -0.2) is 4.79 Å². The van der Waals surface area contributed by atoms with E-state index in [1.807, 2.05) is 0 Å². The maximum Gasteiger partial charge on any atom is 0.335 e. The molecule has 1 aromatic carbocycles. The van der Waals surface area contributed by atoms with Crippen LogP contribution in [0, 0.1) is 0 Å². The lowest BCUT2D eigenvalue weighted by atomic mass is 10.2. The summed E-state index contributed by atoms with van der Waals surface area (Å²) in [5.41, 5.74) is 3.13. The molecule has 0 aliphatic carbocycles. The van der Waals surface area contributed by atoms with Crippen LogP contribution in [0.3, 0.4) is 0 Å². The number of carboxylic acids is 1. The van der Waals surface area contributed by atoms with E-state index in [2.05, 4.69) is 10.3 Å². The maximum atomic E-state index is 11.0. The van der Waals surface area contributed by atoms with Crippen molar-refractivity contribution in [2.24, 2.45) is 0 Å². The minimum Gasteiger partial charge on any atom is -0.497 e. The Labute approximate surface area is 110 Å². The van der Waals surface area contributed by atoms with E-state index in [-0.39, 0.29) is 6.54 Å². The summed E-state index contributed by atoms with van der Waals surface area (Å²) in [6.45, 7) is 0.193. The highest BCUT2D eigenvalue weighted by Crippen LogP contribution is 2.24. The van der Waals surface area contributed by atoms with Gasteiger partial charge in [0.2, 0.25) is 0 Å². The second-order valence-electron chi connectivity index (χ2n) is 3.54. The minimum absolute atomic E-state index is 0.193. The van der Waals surface area contributed by atoms with Crippen LogP contribution in [0.25, 0.3) is 0 Å². The number of carboxylic acid groups (broad SMARTS) is 1. The summed E-state index contributed by atoms with van der Waals surface area (Å²) in [5.74, 6) is -0.890. The van der Waals surface area contributed by atoms with Crippen LogP contribution in [0.15, 0.2) is 18.2 Å². The van der Waals surface area contributed by atoms with Gasteiger partial charge < -0.3 is 19.4 Å². The smallest absolute Gasteiger partial charge is 0.335 e. The van der Waals surface area contributed by atoms with E-state index >= 15 is 0 Å². The van der Waals surface area contributed by atoms with Gasteiger partial charge in [0.25, 0.3) is 0 Å². The second-order valence-corrected chi connectivity index (χ2v) is 3.54. The summed E-state index contributed by atoms with van der Waals surface area (Å²) >= 11 is 0. The molecule has 0 unspecified atom stereocenters. The molecule has 0 aliphatic heterocycles. The number of aliphatic carboxylic acids is 1. The van der Waals surface area contributed by atoms with Crippen LogP contribution in [-0.4, -0.2) is 31.3 Å². The zero-order chi connectivity index (χ0) is 14.3. The fourth-order valence-corrected chi connectivity index (χ4v) is 1.35. The van der Waals surface area contributed by atoms with E-state index in [0.29, 0.717) is 11.5 Å². The summed E-state index contributed by atoms with van der Waals surface area (Å²) in [7, 11) is 3.05. The topological polar surface area (TPSA) is 94.1 Å². The first-order chi connectivity index (χ1) is 9.06. The second kappa shape index (κ2) is 7.22. The lowest BCUT2D eigenvalue weighted by Gasteiger charge is -2.10. The van der Waals surface area contributed by atoms with E-state index in [0.717, 1.165) is 5.56 Å². The van der Waals surface area contributed by atoms with Crippen LogP contribution in [0.4, 0.5) is 0 Å². The molecule has 0 aromatic heterocycles. The van der Waals surface area contributed by atoms with Crippen molar-refractivity contribution >= 4 is 11.9 Å². The molecule has 0 saturated carbocycles. The number of carbonyl (C=O) groups is 2. The predicted molar refractivity (Wildman–Crippen MR) is 64.7 cm³/mol. The van der Waals surface area contributed by atoms with Gasteiger partial charge in [-0.1, -0.05) is 6.07 Å². The Morgan fingerprint density at radius 1 is 1.26 bits per heavy atom. The van der Waals surface area contributed by atoms with Crippen molar-refractivity contribution in [1.29, 1.82) is 0 Å². The van der Waals surface area contributed by atoms with Crippen LogP contribution < -0.4 is 15.0 Å². The van der Waals surface area contributed by atoms with Gasteiger partial charge in [-0.2, -0.15) is 0 Å². The molecule has 0 bridgehead atoms. The molecule has 0 spiro atoms. The fraction of sp³-hybridized carbons (Fsp3) is 0.333. The van der Waals surface area contributed by atoms with Gasteiger partial charge in [-0.3, -0.25) is 4.79 Å². The number of hydroxylamine groups is 1. The monoisotopic (exact) mass is 269 g/mol. The maximum absolute atomic E-state index is 11.0. The lowest BCUT2D eigenvalue weighted by Crippen LogP contribution is -2.21. The number of carbonyl (C=O) groups excluding carboxylic acids is 1. The zero-order valence-electron chi connectivity index (χ0n) is 10.6. The Kier molecular flexibility index (Phi) is 5.62. The van der Waals surface area contributed by atoms with Gasteiger partial charge >= 0.3 is 11.9 Å². The quantitative estimate of drug-likeness (QED) is 0.556. The van der Waals surface area contributed by atoms with Crippen molar-refractivity contribution in [3.05, 3.63) is 23.8 Å². The van der Waals surface area contributed by atoms with Crippen molar-refractivity contribution in [3.8, 4) is 11.5 Å². The van der Waals surface area contributed by atoms with Gasteiger partial charge in [-0.05, 0) is 6.07 Å². The third kappa shape index (κ3) is 4.84. The Balaban J connectivity index is 2.53. The summed E-state index contributed by atoms with van der Waals surface area (Å²) < 4.78 is 10.2. The molecule has 0 amide bonds. The molecule has 19 heavy (non-hydrogen) atoms. The Morgan fingerprint density at radius 2 is 2.00 bits per heavy atom. The molecule has 1 aromatic rings. The number of rotatable bonds is 7. The summed E-state index contributed by atoms with van der Waals surface area (Å²) in [4.78, 5) is 25.8. The van der Waals surface area contributed by atoms with Gasteiger partial charge in [0.05, 0.1) is 20.8 Å². The van der Waals surface area contributed by atoms with E-state index in [1.165, 1.54) is 7.11 Å². The van der Waals surface area contributed by atoms with Crippen molar-refractivity contribution in [2.45, 2.75) is 13.0 Å². The van der Waals surface area contributed by atoms with Crippen LogP contribution >= 0.6 is 0 Å². The van der Waals surface area contributed by atoms with Crippen LogP contribution in [0.1, 0.15) is 12.0 Å². The Bertz CT molecular complexity index is 460. The van der Waals surface area contributed by atoms with Gasteiger partial charge in [0.1, 0.15) is 17.9 Å². The molecule has 0 atom stereocenters. The number of hydrogen-bond donors (Lipinski definition) is 2. The number of benzene rings is 1. The van der Waals surface area contributed by atoms with Crippen molar-refractivity contribution in [3.63, 3.8) is 0 Å². The third-order valence-corrected chi connectivity index (χ3v) is 2.24. The molecule has 1 rings (SSSR count). The van der Waals surface area contributed by atoms with E-state index in [9.17, 15) is 9.59 Å². The average Bonchev–Trinajstić information content (AvgIpc) is 2.38. The van der Waals surface area contributed by atoms with E-state index < -0.39 is 18.4 Å². The molecule has 7 nitrogen and oxygen atoms in total. The van der Waals surface area contributed by atoms with Crippen LogP contribution in [-0.2, 0) is 21.0 Å². The summed E-state index contributed by atoms with van der Waals surface area (Å²) in [6, 6.07) is 5.17. The molecule has 2 N–H and O–H groups in total. The van der Waals surface area contributed by atoms with Crippen molar-refractivity contribution in [1.82, 2.24) is 5.48 Å². The van der Waals surface area contributed by atoms with Crippen molar-refractivity contribution < 1.29 is 29.0 Å². The number of ether oxygens (including phenoxy) is 2. The third-order valence-electron chi connectivity index (χ3n) is 2.24. The number of nitrogens with one attached hydrogen (secondary N) is 1. The Hall–Kier alpha value is -2.28. The summed E-state index contributed by atoms with van der Waals surface area (Å²) in [6.07, 6.45) is -0.688. The van der Waals surface area contributed by atoms with E-state index in [4.69, 9.17) is 14.6 Å². The first kappa shape index (κ1) is 14.8. The average molecular weight is 269 g/mol. The largest absolute Gasteiger partial charge is 0.497 e. The van der Waals surface area contributed by atoms with Crippen LogP contribution in [0.2, 0.25) is 0 Å². The molecule has 0 aliphatic rings. The normalized spacial score (nSPS) is 9.79. The SMILES string of the molecule is COc1ccc(CNOC(=O)CC(=O)O)c(OC)c1. The first-order valence-electron chi connectivity index (χ1n) is 5.42. The fourth-order valence-electron chi connectivity index (χ4n) is 1.35. The molecular weight excluding hydrogens is 254 g/mol. The first-order valence-corrected chi connectivity index (χ1v) is 5.42. The Morgan fingerprint density at radius 3 is 2.58 bits per heavy atom. The molecule has 7 heteroatoms. The molecular formula is C12H15NO6. The molecule has 0 fully saturated rings. The highest BCUT2D eigenvalue weighted by atomic mass is 16.7. The summed E-state index contributed by atoms with van der Waals surface area (Å²) in [5, 5.41) is 8.38. The molecule has 0 saturated heterocycles. The molecule has 0 heterocycles. The standard InChI is InChI=1S/C12H15NO6/c1-17-9-4-3-8(10(5-9)18-2)7-13-19-12(16)6-11(14)15/h3-5,13H,6-7H2,1-2H3,(H,14,15). The predicted octanol–water partition coefficient (Wildman–Crippen LogP) is 0.726. The highest BCUT2D eigenvalue weighted by Gasteiger charge is 2.10. The van der Waals surface area contributed by atoms with E-state index in [1.54, 1.807) is 25.3 Å².